The smallest absolute Gasteiger partial charge is 0.309 e. The maximum Gasteiger partial charge on any atom is 0.309 e. The third-order valence-electron chi connectivity index (χ3n) is 5.15. The largest absolute Gasteiger partial charge is 0.496 e. The standard InChI is InChI=1S/C26H23Br2ClO5/c1-14(2)18-12-23(34-26-20(27)9-15(10-21(26)28)11-24(30)33-4)19(13-22(18)32-3)25(31)16-5-7-17(29)8-6-16/h5-10,12-14H,11H2,1-4H3. The average Bonchev–Trinajstić information content (AvgIpc) is 2.80. The third kappa shape index (κ3) is 6.01. The Morgan fingerprint density at radius 1 is 0.941 bits per heavy atom. The zero-order valence-electron chi connectivity index (χ0n) is 19.1. The van der Waals surface area contributed by atoms with Gasteiger partial charge < -0.3 is 14.2 Å². The highest BCUT2D eigenvalue weighted by atomic mass is 79.9. The Hall–Kier alpha value is -2.35. The van der Waals surface area contributed by atoms with E-state index in [4.69, 9.17) is 25.8 Å². The molecule has 0 bridgehead atoms. The molecule has 34 heavy (non-hydrogen) atoms. The quantitative estimate of drug-likeness (QED) is 0.193. The fraction of sp³-hybridized carbons (Fsp3) is 0.231. The van der Waals surface area contributed by atoms with Crippen molar-refractivity contribution < 1.29 is 23.8 Å². The molecule has 0 aliphatic carbocycles. The van der Waals surface area contributed by atoms with E-state index in [0.717, 1.165) is 11.1 Å². The number of esters is 1. The van der Waals surface area contributed by atoms with Gasteiger partial charge in [0, 0.05) is 16.1 Å². The van der Waals surface area contributed by atoms with E-state index in [-0.39, 0.29) is 24.1 Å². The summed E-state index contributed by atoms with van der Waals surface area (Å²) in [6, 6.07) is 13.8. The number of ether oxygens (including phenoxy) is 3. The molecular weight excluding hydrogens is 588 g/mol. The van der Waals surface area contributed by atoms with Gasteiger partial charge in [0.15, 0.2) is 11.5 Å². The van der Waals surface area contributed by atoms with Crippen LogP contribution in [0.4, 0.5) is 0 Å². The molecule has 0 aliphatic rings. The van der Waals surface area contributed by atoms with Crippen LogP contribution >= 0.6 is 43.5 Å². The molecule has 0 heterocycles. The minimum Gasteiger partial charge on any atom is -0.496 e. The van der Waals surface area contributed by atoms with Gasteiger partial charge in [-0.05, 0) is 91.9 Å². The van der Waals surface area contributed by atoms with Gasteiger partial charge in [-0.25, -0.2) is 0 Å². The highest BCUT2D eigenvalue weighted by Crippen LogP contribution is 2.42. The number of halogens is 3. The molecule has 0 amide bonds. The normalized spacial score (nSPS) is 10.8. The molecule has 0 saturated heterocycles. The summed E-state index contributed by atoms with van der Waals surface area (Å²) < 4.78 is 17.9. The van der Waals surface area contributed by atoms with Crippen molar-refractivity contribution in [3.05, 3.63) is 84.8 Å². The lowest BCUT2D eigenvalue weighted by atomic mass is 9.95. The number of hydrogen-bond donors (Lipinski definition) is 0. The Labute approximate surface area is 220 Å². The molecule has 0 saturated carbocycles. The van der Waals surface area contributed by atoms with Crippen LogP contribution in [0.2, 0.25) is 5.02 Å². The fourth-order valence-corrected chi connectivity index (χ4v) is 4.95. The van der Waals surface area contributed by atoms with E-state index >= 15 is 0 Å². The van der Waals surface area contributed by atoms with Gasteiger partial charge in [-0.1, -0.05) is 25.4 Å². The van der Waals surface area contributed by atoms with Crippen LogP contribution in [-0.2, 0) is 16.0 Å². The second-order valence-electron chi connectivity index (χ2n) is 7.82. The monoisotopic (exact) mass is 608 g/mol. The van der Waals surface area contributed by atoms with Crippen molar-refractivity contribution in [3.8, 4) is 17.2 Å². The van der Waals surface area contributed by atoms with Crippen LogP contribution in [-0.4, -0.2) is 26.0 Å². The van der Waals surface area contributed by atoms with Gasteiger partial charge in [0.2, 0.25) is 0 Å². The first-order valence-corrected chi connectivity index (χ1v) is 12.4. The summed E-state index contributed by atoms with van der Waals surface area (Å²) in [7, 11) is 2.92. The summed E-state index contributed by atoms with van der Waals surface area (Å²) in [5.41, 5.74) is 2.47. The lowest BCUT2D eigenvalue weighted by Crippen LogP contribution is -2.07. The molecule has 0 N–H and O–H groups in total. The van der Waals surface area contributed by atoms with Gasteiger partial charge in [0.25, 0.3) is 0 Å². The third-order valence-corrected chi connectivity index (χ3v) is 6.58. The van der Waals surface area contributed by atoms with Crippen LogP contribution in [0.3, 0.4) is 0 Å². The molecule has 3 aromatic rings. The molecule has 0 unspecified atom stereocenters. The zero-order valence-corrected chi connectivity index (χ0v) is 23.0. The molecule has 3 rings (SSSR count). The maximum absolute atomic E-state index is 13.4. The van der Waals surface area contributed by atoms with Crippen molar-refractivity contribution in [3.63, 3.8) is 0 Å². The molecule has 0 aliphatic heterocycles. The Bertz CT molecular complexity index is 1200. The van der Waals surface area contributed by atoms with E-state index < -0.39 is 0 Å². The maximum atomic E-state index is 13.4. The summed E-state index contributed by atoms with van der Waals surface area (Å²) in [5.74, 6) is 1.01. The van der Waals surface area contributed by atoms with Gasteiger partial charge in [0.1, 0.15) is 11.5 Å². The molecule has 5 nitrogen and oxygen atoms in total. The molecule has 0 radical (unpaired) electrons. The summed E-state index contributed by atoms with van der Waals surface area (Å²) in [6.07, 6.45) is 0.119. The Kier molecular flexibility index (Phi) is 8.79. The predicted molar refractivity (Wildman–Crippen MR) is 140 cm³/mol. The molecule has 0 aromatic heterocycles. The number of hydrogen-bond acceptors (Lipinski definition) is 5. The molecule has 0 spiro atoms. The van der Waals surface area contributed by atoms with E-state index in [1.807, 2.05) is 19.9 Å². The average molecular weight is 611 g/mol. The number of ketones is 1. The van der Waals surface area contributed by atoms with Crippen LogP contribution in [0.25, 0.3) is 0 Å². The Balaban J connectivity index is 2.11. The fourth-order valence-electron chi connectivity index (χ4n) is 3.38. The van der Waals surface area contributed by atoms with Crippen molar-refractivity contribution in [2.45, 2.75) is 26.2 Å². The molecule has 0 atom stereocenters. The van der Waals surface area contributed by atoms with Crippen molar-refractivity contribution in [1.29, 1.82) is 0 Å². The first-order valence-electron chi connectivity index (χ1n) is 10.4. The van der Waals surface area contributed by atoms with Gasteiger partial charge in [0.05, 0.1) is 35.1 Å². The Morgan fingerprint density at radius 2 is 1.56 bits per heavy atom. The van der Waals surface area contributed by atoms with Gasteiger partial charge in [-0.2, -0.15) is 0 Å². The van der Waals surface area contributed by atoms with E-state index in [1.165, 1.54) is 7.11 Å². The summed E-state index contributed by atoms with van der Waals surface area (Å²) >= 11 is 13.0. The Morgan fingerprint density at radius 3 is 2.09 bits per heavy atom. The number of benzene rings is 3. The molecule has 3 aromatic carbocycles. The van der Waals surface area contributed by atoms with Gasteiger partial charge in [-0.3, -0.25) is 9.59 Å². The first kappa shape index (κ1) is 26.3. The lowest BCUT2D eigenvalue weighted by molar-refractivity contribution is -0.139. The first-order chi connectivity index (χ1) is 16.1. The van der Waals surface area contributed by atoms with Crippen molar-refractivity contribution in [2.75, 3.05) is 14.2 Å². The second kappa shape index (κ2) is 11.4. The summed E-state index contributed by atoms with van der Waals surface area (Å²) in [6.45, 7) is 4.07. The SMILES string of the molecule is COC(=O)Cc1cc(Br)c(Oc2cc(C(C)C)c(OC)cc2C(=O)c2ccc(Cl)cc2)c(Br)c1. The van der Waals surface area contributed by atoms with Crippen molar-refractivity contribution in [2.24, 2.45) is 0 Å². The summed E-state index contributed by atoms with van der Waals surface area (Å²) in [4.78, 5) is 25.1. The highest BCUT2D eigenvalue weighted by Gasteiger charge is 2.22. The van der Waals surface area contributed by atoms with E-state index in [0.29, 0.717) is 42.3 Å². The number of rotatable bonds is 8. The van der Waals surface area contributed by atoms with Crippen molar-refractivity contribution >= 4 is 55.2 Å². The minimum absolute atomic E-state index is 0.119. The molecule has 8 heteroatoms. The number of carbonyl (C=O) groups excluding carboxylic acids is 2. The number of methoxy groups -OCH3 is 2. The lowest BCUT2D eigenvalue weighted by Gasteiger charge is -2.19. The molecular formula is C26H23Br2ClO5. The van der Waals surface area contributed by atoms with Crippen LogP contribution in [0.5, 0.6) is 17.2 Å². The second-order valence-corrected chi connectivity index (χ2v) is 9.97. The van der Waals surface area contributed by atoms with Crippen LogP contribution < -0.4 is 9.47 Å². The van der Waals surface area contributed by atoms with E-state index in [9.17, 15) is 9.59 Å². The zero-order chi connectivity index (χ0) is 25.0. The van der Waals surface area contributed by atoms with E-state index in [2.05, 4.69) is 31.9 Å². The van der Waals surface area contributed by atoms with E-state index in [1.54, 1.807) is 49.6 Å². The molecule has 0 fully saturated rings. The molecule has 178 valence electrons. The van der Waals surface area contributed by atoms with Crippen molar-refractivity contribution in [1.82, 2.24) is 0 Å². The van der Waals surface area contributed by atoms with Gasteiger partial charge >= 0.3 is 5.97 Å². The minimum atomic E-state index is -0.347. The number of carbonyl (C=O) groups is 2. The topological polar surface area (TPSA) is 61.8 Å². The van der Waals surface area contributed by atoms with Crippen LogP contribution in [0.1, 0.15) is 46.8 Å². The highest BCUT2D eigenvalue weighted by molar-refractivity contribution is 9.11. The van der Waals surface area contributed by atoms with Gasteiger partial charge in [-0.15, -0.1) is 0 Å². The summed E-state index contributed by atoms with van der Waals surface area (Å²) in [5, 5.41) is 0.542. The predicted octanol–water partition coefficient (Wildman–Crippen LogP) is 7.74. The van der Waals surface area contributed by atoms with Crippen LogP contribution in [0, 0.1) is 0 Å². The van der Waals surface area contributed by atoms with Crippen LogP contribution in [0.15, 0.2) is 57.5 Å².